The number of fused-ring (bicyclic) bond motifs is 1. The molecule has 20 heavy (non-hydrogen) atoms. The highest BCUT2D eigenvalue weighted by molar-refractivity contribution is 9.10. The van der Waals surface area contributed by atoms with E-state index in [2.05, 4.69) is 28.1 Å². The summed E-state index contributed by atoms with van der Waals surface area (Å²) in [5.74, 6) is 0.837. The molecule has 0 aliphatic heterocycles. The number of benzene rings is 2. The van der Waals surface area contributed by atoms with Crippen LogP contribution >= 0.6 is 15.9 Å². The van der Waals surface area contributed by atoms with Crippen molar-refractivity contribution in [2.24, 2.45) is 0 Å². The Morgan fingerprint density at radius 3 is 2.60 bits per heavy atom. The Morgan fingerprint density at radius 2 is 1.85 bits per heavy atom. The number of methoxy groups -OCH3 is 1. The van der Waals surface area contributed by atoms with Crippen LogP contribution in [0, 0.1) is 0 Å². The van der Waals surface area contributed by atoms with E-state index in [-0.39, 0.29) is 0 Å². The minimum atomic E-state index is 0.770. The first-order valence-corrected chi connectivity index (χ1v) is 7.22. The zero-order chi connectivity index (χ0) is 13.9. The first-order valence-electron chi connectivity index (χ1n) is 6.43. The highest BCUT2D eigenvalue weighted by atomic mass is 79.9. The molecule has 0 amide bonds. The second-order valence-corrected chi connectivity index (χ2v) is 5.55. The van der Waals surface area contributed by atoms with Crippen LogP contribution < -0.4 is 4.74 Å². The topological polar surface area (TPSA) is 22.1 Å². The van der Waals surface area contributed by atoms with Gasteiger partial charge in [0.2, 0.25) is 0 Å². The second kappa shape index (κ2) is 5.63. The van der Waals surface area contributed by atoms with Crippen molar-refractivity contribution in [2.45, 2.75) is 6.42 Å². The van der Waals surface area contributed by atoms with E-state index in [0.717, 1.165) is 33.2 Å². The van der Waals surface area contributed by atoms with Crippen LogP contribution in [0.2, 0.25) is 0 Å². The molecule has 0 aliphatic carbocycles. The summed E-state index contributed by atoms with van der Waals surface area (Å²) >= 11 is 3.49. The summed E-state index contributed by atoms with van der Waals surface area (Å²) in [6.45, 7) is 0. The molecule has 0 bridgehead atoms. The van der Waals surface area contributed by atoms with Crippen LogP contribution in [0.1, 0.15) is 11.3 Å². The fourth-order valence-corrected chi connectivity index (χ4v) is 2.60. The van der Waals surface area contributed by atoms with E-state index in [4.69, 9.17) is 9.72 Å². The molecule has 2 nitrogen and oxygen atoms in total. The summed E-state index contributed by atoms with van der Waals surface area (Å²) in [4.78, 5) is 4.75. The maximum atomic E-state index is 5.48. The second-order valence-electron chi connectivity index (χ2n) is 4.64. The largest absolute Gasteiger partial charge is 0.495 e. The highest BCUT2D eigenvalue weighted by Gasteiger charge is 2.08. The number of halogens is 1. The van der Waals surface area contributed by atoms with E-state index >= 15 is 0 Å². The number of nitrogens with zero attached hydrogens (tertiary/aromatic N) is 1. The molecule has 0 unspecified atom stereocenters. The Labute approximate surface area is 126 Å². The summed E-state index contributed by atoms with van der Waals surface area (Å²) in [6.07, 6.45) is 0.770. The maximum absolute atomic E-state index is 5.48. The van der Waals surface area contributed by atoms with E-state index in [1.165, 1.54) is 5.56 Å². The van der Waals surface area contributed by atoms with Gasteiger partial charge in [0.05, 0.1) is 18.3 Å². The third-order valence-corrected chi connectivity index (χ3v) is 3.75. The van der Waals surface area contributed by atoms with E-state index in [1.54, 1.807) is 7.11 Å². The molecule has 3 aromatic rings. The summed E-state index contributed by atoms with van der Waals surface area (Å²) in [5.41, 5.74) is 3.17. The number of rotatable bonds is 3. The van der Waals surface area contributed by atoms with Gasteiger partial charge in [0.1, 0.15) is 5.75 Å². The predicted molar refractivity (Wildman–Crippen MR) is 85.2 cm³/mol. The lowest BCUT2D eigenvalue weighted by atomic mass is 10.1. The third-order valence-electron chi connectivity index (χ3n) is 3.25. The number of ether oxygens (including phenoxy) is 1. The van der Waals surface area contributed by atoms with Gasteiger partial charge in [-0.05, 0) is 23.8 Å². The molecule has 1 heterocycles. The van der Waals surface area contributed by atoms with Crippen molar-refractivity contribution in [3.8, 4) is 5.75 Å². The van der Waals surface area contributed by atoms with Crippen molar-refractivity contribution in [3.05, 3.63) is 70.3 Å². The maximum Gasteiger partial charge on any atom is 0.141 e. The molecular weight excluding hydrogens is 314 g/mol. The van der Waals surface area contributed by atoms with Crippen LogP contribution in [0.25, 0.3) is 10.9 Å². The summed E-state index contributed by atoms with van der Waals surface area (Å²) in [7, 11) is 1.69. The van der Waals surface area contributed by atoms with Crippen LogP contribution in [0.5, 0.6) is 5.75 Å². The van der Waals surface area contributed by atoms with Crippen LogP contribution in [0.15, 0.2) is 59.1 Å². The van der Waals surface area contributed by atoms with Gasteiger partial charge in [0.15, 0.2) is 0 Å². The summed E-state index contributed by atoms with van der Waals surface area (Å²) < 4.78 is 6.52. The van der Waals surface area contributed by atoms with Gasteiger partial charge < -0.3 is 4.74 Å². The van der Waals surface area contributed by atoms with Gasteiger partial charge in [-0.15, -0.1) is 0 Å². The minimum Gasteiger partial charge on any atom is -0.495 e. The van der Waals surface area contributed by atoms with E-state index in [0.29, 0.717) is 0 Å². The Hall–Kier alpha value is -1.87. The normalized spacial score (nSPS) is 10.7. The molecule has 3 heteroatoms. The Morgan fingerprint density at radius 1 is 1.05 bits per heavy atom. The van der Waals surface area contributed by atoms with Crippen LogP contribution in [0.3, 0.4) is 0 Å². The van der Waals surface area contributed by atoms with Crippen molar-refractivity contribution in [2.75, 3.05) is 7.11 Å². The van der Waals surface area contributed by atoms with Gasteiger partial charge in [0, 0.05) is 16.3 Å². The zero-order valence-corrected chi connectivity index (χ0v) is 12.7. The van der Waals surface area contributed by atoms with Gasteiger partial charge in [0.25, 0.3) is 0 Å². The predicted octanol–water partition coefficient (Wildman–Crippen LogP) is 4.60. The molecule has 0 aliphatic rings. The molecule has 0 radical (unpaired) electrons. The number of hydrogen-bond donors (Lipinski definition) is 0. The molecule has 2 aromatic carbocycles. The highest BCUT2D eigenvalue weighted by Crippen LogP contribution is 2.26. The van der Waals surface area contributed by atoms with Crippen LogP contribution in [-0.2, 0) is 6.42 Å². The Kier molecular flexibility index (Phi) is 3.70. The minimum absolute atomic E-state index is 0.770. The quantitative estimate of drug-likeness (QED) is 0.701. The van der Waals surface area contributed by atoms with Gasteiger partial charge >= 0.3 is 0 Å². The SMILES string of the molecule is COc1cc2ccc(Br)cc2nc1Cc1ccccc1. The summed E-state index contributed by atoms with van der Waals surface area (Å²) in [5, 5.41) is 1.09. The smallest absolute Gasteiger partial charge is 0.141 e. The Bertz CT molecular complexity index is 741. The van der Waals surface area contributed by atoms with Gasteiger partial charge in [-0.1, -0.05) is 52.3 Å². The first kappa shape index (κ1) is 13.1. The van der Waals surface area contributed by atoms with Crippen molar-refractivity contribution < 1.29 is 4.74 Å². The van der Waals surface area contributed by atoms with Gasteiger partial charge in [-0.25, -0.2) is 4.98 Å². The van der Waals surface area contributed by atoms with Crippen molar-refractivity contribution in [1.29, 1.82) is 0 Å². The fraction of sp³-hybridized carbons (Fsp3) is 0.118. The molecule has 3 rings (SSSR count). The van der Waals surface area contributed by atoms with Crippen LogP contribution in [0.4, 0.5) is 0 Å². The molecule has 0 saturated carbocycles. The van der Waals surface area contributed by atoms with E-state index in [1.807, 2.05) is 42.5 Å². The molecule has 0 fully saturated rings. The van der Waals surface area contributed by atoms with Crippen molar-refractivity contribution in [3.63, 3.8) is 0 Å². The fourth-order valence-electron chi connectivity index (χ4n) is 2.25. The lowest BCUT2D eigenvalue weighted by Gasteiger charge is -2.10. The number of pyridine rings is 1. The lowest BCUT2D eigenvalue weighted by Crippen LogP contribution is -1.98. The van der Waals surface area contributed by atoms with Gasteiger partial charge in [-0.3, -0.25) is 0 Å². The van der Waals surface area contributed by atoms with E-state index < -0.39 is 0 Å². The van der Waals surface area contributed by atoms with Crippen molar-refractivity contribution in [1.82, 2.24) is 4.98 Å². The average molecular weight is 328 g/mol. The molecule has 100 valence electrons. The molecular formula is C17H14BrNO. The van der Waals surface area contributed by atoms with Crippen LogP contribution in [-0.4, -0.2) is 12.1 Å². The standard InChI is InChI=1S/C17H14BrNO/c1-20-17-10-13-7-8-14(18)11-15(13)19-16(17)9-12-5-3-2-4-6-12/h2-8,10-11H,9H2,1H3. The molecule has 0 saturated heterocycles. The monoisotopic (exact) mass is 327 g/mol. The Balaban J connectivity index is 2.08. The average Bonchev–Trinajstić information content (AvgIpc) is 2.47. The molecule has 0 spiro atoms. The third kappa shape index (κ3) is 2.68. The van der Waals surface area contributed by atoms with Gasteiger partial charge in [-0.2, -0.15) is 0 Å². The number of hydrogen-bond acceptors (Lipinski definition) is 2. The lowest BCUT2D eigenvalue weighted by molar-refractivity contribution is 0.409. The van der Waals surface area contributed by atoms with E-state index in [9.17, 15) is 0 Å². The molecule has 0 N–H and O–H groups in total. The van der Waals surface area contributed by atoms with Crippen molar-refractivity contribution >= 4 is 26.8 Å². The molecule has 0 atom stereocenters. The number of aromatic nitrogens is 1. The zero-order valence-electron chi connectivity index (χ0n) is 11.1. The molecule has 1 aromatic heterocycles. The summed E-state index contributed by atoms with van der Waals surface area (Å²) in [6, 6.07) is 18.4. The first-order chi connectivity index (χ1) is 9.76.